The van der Waals surface area contributed by atoms with Crippen LogP contribution in [0.5, 0.6) is 5.75 Å². The maximum Gasteiger partial charge on any atom is 0.322 e. The summed E-state index contributed by atoms with van der Waals surface area (Å²) in [6.07, 6.45) is -2.33. The summed E-state index contributed by atoms with van der Waals surface area (Å²) in [7, 11) is -1.77. The van der Waals surface area contributed by atoms with Crippen molar-refractivity contribution in [1.29, 1.82) is 0 Å². The lowest BCUT2D eigenvalue weighted by atomic mass is 10.0. The number of nitrogens with one attached hydrogen (secondary N) is 7. The van der Waals surface area contributed by atoms with Gasteiger partial charge in [0, 0.05) is 25.8 Å². The fourth-order valence-corrected chi connectivity index (χ4v) is 9.31. The largest absolute Gasteiger partial charge is 0.508 e. The number of carbonyl (C=O) groups excluding carboxylic acids is 9. The lowest BCUT2D eigenvalue weighted by molar-refractivity contribution is -0.138. The highest BCUT2D eigenvalue weighted by atomic mass is 33.1. The van der Waals surface area contributed by atoms with Gasteiger partial charge in [0.1, 0.15) is 48.5 Å². The molecule has 25 nitrogen and oxygen atoms in total. The number of aliphatic imine (C=N–C) groups is 1. The molecule has 0 aromatic heterocycles. The molecule has 9 amide bonds. The fraction of sp³-hybridized carbons (Fsp3) is 0.439. The van der Waals surface area contributed by atoms with Gasteiger partial charge in [0.05, 0.1) is 27.3 Å². The van der Waals surface area contributed by atoms with Gasteiger partial charge in [-0.25, -0.2) is 4.21 Å². The standard InChI is InChI=1S/C41H56N12O13S2/c1-21-34(59)50-27(17-23-9-11-24(54)12-10-23)38(63)51-28(16-22-6-3-2-4-7-22)37(62)49-26(13-14-31(42)55)36(61)52-29(18-32(43)56)39(64)53-30(20-68(66)67-21)40(65)48-25(8-5-15-46-41(44)45)35(60)47-19-33(57)58/h2-4,6-7,9-12,21,25-30,54H,5,8,13-20H2,1H3,(H2,42,55)(H2,43,56)(H,47,60)(H,48,65)(H,49,62)(H,50,59)(H,51,63)(H,52,61)(H,53,64)(H,57,58)(H4,44,45,46)/t21-,25+,26-,27-,28-,29-,30-,68?/m0/s1. The summed E-state index contributed by atoms with van der Waals surface area (Å²) in [6, 6.07) is 4.23. The predicted molar refractivity (Wildman–Crippen MR) is 246 cm³/mol. The van der Waals surface area contributed by atoms with E-state index in [1.807, 2.05) is 0 Å². The lowest BCUT2D eigenvalue weighted by Crippen LogP contribution is -2.61. The topological polar surface area (TPSA) is 429 Å². The van der Waals surface area contributed by atoms with E-state index in [1.165, 1.54) is 31.2 Å². The second-order valence-electron chi connectivity index (χ2n) is 15.4. The van der Waals surface area contributed by atoms with E-state index < -0.39 is 142 Å². The number of aliphatic carboxylic acids is 1. The number of carboxylic acids is 1. The number of phenolic OH excluding ortho intramolecular Hbond substituents is 1. The average Bonchev–Trinajstić information content (AvgIpc) is 3.27. The second kappa shape index (κ2) is 27.4. The number of benzene rings is 2. The molecule has 370 valence electrons. The maximum absolute atomic E-state index is 14.2. The molecule has 68 heavy (non-hydrogen) atoms. The Hall–Kier alpha value is -7.29. The minimum absolute atomic E-state index is 0.0256. The van der Waals surface area contributed by atoms with E-state index in [-0.39, 0.29) is 43.9 Å². The van der Waals surface area contributed by atoms with Crippen LogP contribution < -0.4 is 60.2 Å². The number of amides is 9. The molecule has 0 aliphatic carbocycles. The molecule has 0 radical (unpaired) electrons. The molecule has 3 rings (SSSR count). The van der Waals surface area contributed by atoms with Gasteiger partial charge in [-0.05, 0) is 60.2 Å². The van der Waals surface area contributed by atoms with Crippen molar-refractivity contribution in [3.05, 3.63) is 65.7 Å². The highest BCUT2D eigenvalue weighted by Gasteiger charge is 2.36. The molecule has 1 saturated heterocycles. The van der Waals surface area contributed by atoms with E-state index in [9.17, 15) is 57.3 Å². The van der Waals surface area contributed by atoms with Crippen LogP contribution in [0.3, 0.4) is 0 Å². The molecular formula is C41H56N12O13S2. The zero-order valence-corrected chi connectivity index (χ0v) is 38.4. The van der Waals surface area contributed by atoms with Crippen LogP contribution in [-0.2, 0) is 70.6 Å². The molecule has 1 aliphatic rings. The predicted octanol–water partition coefficient (Wildman–Crippen LogP) is -4.72. The van der Waals surface area contributed by atoms with Crippen LogP contribution in [0.2, 0.25) is 0 Å². The Morgan fingerprint density at radius 3 is 1.88 bits per heavy atom. The maximum atomic E-state index is 14.2. The van der Waals surface area contributed by atoms with Crippen molar-refractivity contribution >= 4 is 85.7 Å². The molecule has 2 aromatic carbocycles. The Bertz CT molecular complexity index is 2210. The number of aromatic hydroxyl groups is 1. The van der Waals surface area contributed by atoms with Gasteiger partial charge in [-0.1, -0.05) is 42.5 Å². The number of phenols is 1. The summed E-state index contributed by atoms with van der Waals surface area (Å²) in [5.41, 5.74) is 22.6. The minimum Gasteiger partial charge on any atom is -0.508 e. The Morgan fingerprint density at radius 1 is 0.765 bits per heavy atom. The molecule has 0 bridgehead atoms. The highest BCUT2D eigenvalue weighted by Crippen LogP contribution is 2.19. The van der Waals surface area contributed by atoms with Gasteiger partial charge in [0.25, 0.3) is 0 Å². The molecule has 2 aromatic rings. The third-order valence-corrected chi connectivity index (χ3v) is 13.1. The van der Waals surface area contributed by atoms with Crippen molar-refractivity contribution in [3.8, 4) is 5.75 Å². The van der Waals surface area contributed by atoms with Gasteiger partial charge in [-0.2, -0.15) is 0 Å². The number of carbonyl (C=O) groups is 10. The van der Waals surface area contributed by atoms with E-state index in [0.717, 1.165) is 0 Å². The first-order valence-electron chi connectivity index (χ1n) is 20.9. The Morgan fingerprint density at radius 2 is 1.31 bits per heavy atom. The van der Waals surface area contributed by atoms with Crippen molar-refractivity contribution in [1.82, 2.24) is 37.2 Å². The normalized spacial score (nSPS) is 22.4. The number of primary amides is 2. The van der Waals surface area contributed by atoms with E-state index >= 15 is 0 Å². The SMILES string of the molecule is C[C@@H]1SS(=O)C[C@@H](C(=O)N[C@H](CCCN=C(N)N)C(=O)NCC(=O)O)NC(=O)[C@H](CC(N)=O)NC(=O)[C@H](CCC(N)=O)NC(=O)[C@H](Cc2ccccc2)NC(=O)[C@H](Cc2ccc(O)cc2)NC1=O. The molecule has 0 spiro atoms. The van der Waals surface area contributed by atoms with Crippen LogP contribution in [0, 0.1) is 0 Å². The average molecular weight is 989 g/mol. The van der Waals surface area contributed by atoms with Crippen LogP contribution in [0.15, 0.2) is 59.6 Å². The number of guanidine groups is 1. The number of carboxylic acid groups (broad SMARTS) is 1. The van der Waals surface area contributed by atoms with E-state index in [2.05, 4.69) is 42.2 Å². The summed E-state index contributed by atoms with van der Waals surface area (Å²) < 4.78 is 13.8. The highest BCUT2D eigenvalue weighted by molar-refractivity contribution is 8.69. The molecule has 27 heteroatoms. The van der Waals surface area contributed by atoms with Crippen LogP contribution in [0.25, 0.3) is 0 Å². The van der Waals surface area contributed by atoms with Crippen molar-refractivity contribution in [2.45, 2.75) is 93.4 Å². The van der Waals surface area contributed by atoms with E-state index in [4.69, 9.17) is 28.0 Å². The Balaban J connectivity index is 2.14. The molecule has 1 heterocycles. The molecule has 17 N–H and O–H groups in total. The first kappa shape index (κ1) is 55.0. The molecule has 0 saturated carbocycles. The fourth-order valence-electron chi connectivity index (χ4n) is 6.37. The summed E-state index contributed by atoms with van der Waals surface area (Å²) in [4.78, 5) is 137. The van der Waals surface area contributed by atoms with Gasteiger partial charge in [-0.3, -0.25) is 52.9 Å². The smallest absolute Gasteiger partial charge is 0.322 e. The number of rotatable bonds is 18. The first-order chi connectivity index (χ1) is 32.1. The molecule has 8 atom stereocenters. The second-order valence-corrected chi connectivity index (χ2v) is 18.9. The Kier molecular flexibility index (Phi) is 22.2. The van der Waals surface area contributed by atoms with Gasteiger partial charge >= 0.3 is 5.97 Å². The van der Waals surface area contributed by atoms with Crippen LogP contribution in [0.1, 0.15) is 50.2 Å². The monoisotopic (exact) mass is 988 g/mol. The van der Waals surface area contributed by atoms with Gasteiger partial charge in [-0.15, -0.1) is 0 Å². The van der Waals surface area contributed by atoms with Crippen molar-refractivity contribution in [2.24, 2.45) is 27.9 Å². The zero-order chi connectivity index (χ0) is 50.5. The van der Waals surface area contributed by atoms with Crippen molar-refractivity contribution in [2.75, 3.05) is 18.8 Å². The summed E-state index contributed by atoms with van der Waals surface area (Å²) in [6.45, 7) is 0.460. The minimum atomic E-state index is -2.28. The van der Waals surface area contributed by atoms with E-state index in [0.29, 0.717) is 21.9 Å². The molecular weight excluding hydrogens is 933 g/mol. The molecule has 1 unspecified atom stereocenters. The lowest BCUT2D eigenvalue weighted by Gasteiger charge is -2.27. The van der Waals surface area contributed by atoms with Crippen molar-refractivity contribution in [3.63, 3.8) is 0 Å². The number of hydrogen-bond acceptors (Lipinski definition) is 14. The first-order valence-corrected chi connectivity index (χ1v) is 23.6. The quantitative estimate of drug-likeness (QED) is 0.0289. The number of nitrogens with two attached hydrogens (primary N) is 4. The summed E-state index contributed by atoms with van der Waals surface area (Å²) >= 11 is 0. The zero-order valence-electron chi connectivity index (χ0n) is 36.8. The third kappa shape index (κ3) is 19.7. The molecule has 1 fully saturated rings. The van der Waals surface area contributed by atoms with Crippen LogP contribution in [-0.4, -0.2) is 140 Å². The van der Waals surface area contributed by atoms with Crippen molar-refractivity contribution < 1.29 is 62.4 Å². The van der Waals surface area contributed by atoms with Crippen LogP contribution >= 0.6 is 10.8 Å². The number of hydrogen-bond donors (Lipinski definition) is 13. The van der Waals surface area contributed by atoms with Crippen LogP contribution in [0.4, 0.5) is 0 Å². The van der Waals surface area contributed by atoms with Gasteiger partial charge < -0.3 is 70.4 Å². The summed E-state index contributed by atoms with van der Waals surface area (Å²) in [5.74, 6) is -11.8. The summed E-state index contributed by atoms with van der Waals surface area (Å²) in [5, 5.41) is 34.5. The number of nitrogens with zero attached hydrogens (tertiary/aromatic N) is 1. The molecule has 1 aliphatic heterocycles. The van der Waals surface area contributed by atoms with Gasteiger partial charge in [0.2, 0.25) is 53.2 Å². The third-order valence-electron chi connectivity index (χ3n) is 9.82. The van der Waals surface area contributed by atoms with E-state index in [1.54, 1.807) is 30.3 Å². The van der Waals surface area contributed by atoms with Gasteiger partial charge in [0.15, 0.2) is 5.96 Å². The Labute approximate surface area is 395 Å².